The molecule has 0 amide bonds. The Balaban J connectivity index is 2.28. The summed E-state index contributed by atoms with van der Waals surface area (Å²) in [6.07, 6.45) is 1.79. The van der Waals surface area contributed by atoms with Crippen LogP contribution in [0.1, 0.15) is 18.4 Å². The molecule has 0 aromatic carbocycles. The summed E-state index contributed by atoms with van der Waals surface area (Å²) in [5.74, 6) is 1.50. The lowest BCUT2D eigenvalue weighted by Gasteiger charge is -2.00. The summed E-state index contributed by atoms with van der Waals surface area (Å²) in [4.78, 5) is 11.0. The maximum absolute atomic E-state index is 11.0. The van der Waals surface area contributed by atoms with E-state index in [1.807, 2.05) is 19.1 Å². The molecular formula is C12H17NO3. The van der Waals surface area contributed by atoms with Crippen LogP contribution in [0.15, 0.2) is 28.2 Å². The van der Waals surface area contributed by atoms with E-state index in [-0.39, 0.29) is 5.97 Å². The zero-order valence-corrected chi connectivity index (χ0v) is 9.87. The highest BCUT2D eigenvalue weighted by molar-refractivity contribution is 5.87. The monoisotopic (exact) mass is 223 g/mol. The van der Waals surface area contributed by atoms with Crippen LogP contribution in [0, 0.1) is 6.92 Å². The van der Waals surface area contributed by atoms with Gasteiger partial charge in [-0.1, -0.05) is 6.08 Å². The molecule has 0 unspecified atom stereocenters. The van der Waals surface area contributed by atoms with Crippen molar-refractivity contribution in [2.45, 2.75) is 20.4 Å². The first kappa shape index (κ1) is 12.5. The minimum absolute atomic E-state index is 0.296. The van der Waals surface area contributed by atoms with Crippen LogP contribution in [0.5, 0.6) is 0 Å². The van der Waals surface area contributed by atoms with E-state index >= 15 is 0 Å². The van der Waals surface area contributed by atoms with E-state index in [2.05, 4.69) is 10.1 Å². The fourth-order valence-corrected chi connectivity index (χ4v) is 1.25. The summed E-state index contributed by atoms with van der Waals surface area (Å²) in [6, 6.07) is 3.85. The molecule has 0 spiro atoms. The van der Waals surface area contributed by atoms with Crippen molar-refractivity contribution in [1.82, 2.24) is 5.32 Å². The number of furan rings is 1. The van der Waals surface area contributed by atoms with Gasteiger partial charge in [0.1, 0.15) is 11.5 Å². The number of ether oxygens (including phenoxy) is 1. The smallest absolute Gasteiger partial charge is 0.333 e. The number of hydrogen-bond donors (Lipinski definition) is 1. The number of carbonyl (C=O) groups is 1. The molecule has 0 aliphatic carbocycles. The average Bonchev–Trinajstić information content (AvgIpc) is 2.69. The molecule has 0 aliphatic rings. The molecule has 1 heterocycles. The lowest BCUT2D eigenvalue weighted by atomic mass is 10.3. The molecule has 1 aromatic heterocycles. The second kappa shape index (κ2) is 6.12. The summed E-state index contributed by atoms with van der Waals surface area (Å²) in [5, 5.41) is 3.15. The zero-order valence-electron chi connectivity index (χ0n) is 9.87. The summed E-state index contributed by atoms with van der Waals surface area (Å²) < 4.78 is 9.96. The molecule has 0 saturated heterocycles. The van der Waals surface area contributed by atoms with Crippen molar-refractivity contribution in [3.8, 4) is 0 Å². The third-order valence-electron chi connectivity index (χ3n) is 2.16. The Morgan fingerprint density at radius 3 is 2.88 bits per heavy atom. The fourth-order valence-electron chi connectivity index (χ4n) is 1.25. The van der Waals surface area contributed by atoms with Gasteiger partial charge in [0.2, 0.25) is 0 Å². The van der Waals surface area contributed by atoms with Crippen LogP contribution in [0.2, 0.25) is 0 Å². The second-order valence-electron chi connectivity index (χ2n) is 3.52. The van der Waals surface area contributed by atoms with E-state index in [1.165, 1.54) is 7.11 Å². The topological polar surface area (TPSA) is 51.5 Å². The van der Waals surface area contributed by atoms with Crippen LogP contribution in [0.25, 0.3) is 0 Å². The van der Waals surface area contributed by atoms with E-state index in [0.29, 0.717) is 18.7 Å². The molecule has 0 bridgehead atoms. The van der Waals surface area contributed by atoms with Crippen LogP contribution in [-0.2, 0) is 16.1 Å². The van der Waals surface area contributed by atoms with Crippen LogP contribution < -0.4 is 5.32 Å². The molecule has 88 valence electrons. The van der Waals surface area contributed by atoms with Gasteiger partial charge in [0.25, 0.3) is 0 Å². The van der Waals surface area contributed by atoms with Crippen LogP contribution in [0.3, 0.4) is 0 Å². The lowest BCUT2D eigenvalue weighted by molar-refractivity contribution is -0.136. The van der Waals surface area contributed by atoms with Crippen LogP contribution in [-0.4, -0.2) is 19.6 Å². The van der Waals surface area contributed by atoms with Gasteiger partial charge in [-0.05, 0) is 26.0 Å². The van der Waals surface area contributed by atoms with Crippen molar-refractivity contribution in [3.63, 3.8) is 0 Å². The maximum atomic E-state index is 11.0. The van der Waals surface area contributed by atoms with Gasteiger partial charge < -0.3 is 14.5 Å². The Morgan fingerprint density at radius 2 is 2.31 bits per heavy atom. The molecular weight excluding hydrogens is 206 g/mol. The first-order valence-electron chi connectivity index (χ1n) is 5.14. The van der Waals surface area contributed by atoms with Crippen molar-refractivity contribution >= 4 is 5.97 Å². The van der Waals surface area contributed by atoms with Crippen molar-refractivity contribution in [2.24, 2.45) is 0 Å². The third kappa shape index (κ3) is 3.90. The molecule has 4 heteroatoms. The van der Waals surface area contributed by atoms with Gasteiger partial charge in [-0.3, -0.25) is 0 Å². The van der Waals surface area contributed by atoms with Crippen LogP contribution in [0.4, 0.5) is 0 Å². The van der Waals surface area contributed by atoms with Gasteiger partial charge in [-0.25, -0.2) is 4.79 Å². The lowest BCUT2D eigenvalue weighted by Crippen LogP contribution is -2.14. The van der Waals surface area contributed by atoms with Gasteiger partial charge in [0.15, 0.2) is 0 Å². The number of aryl methyl sites for hydroxylation is 1. The third-order valence-corrected chi connectivity index (χ3v) is 2.16. The van der Waals surface area contributed by atoms with Gasteiger partial charge >= 0.3 is 5.97 Å². The molecule has 1 rings (SSSR count). The highest BCUT2D eigenvalue weighted by atomic mass is 16.5. The summed E-state index contributed by atoms with van der Waals surface area (Å²) in [7, 11) is 1.37. The largest absolute Gasteiger partial charge is 0.466 e. The van der Waals surface area contributed by atoms with Crippen molar-refractivity contribution in [1.29, 1.82) is 0 Å². The molecule has 0 saturated carbocycles. The van der Waals surface area contributed by atoms with E-state index in [4.69, 9.17) is 4.42 Å². The average molecular weight is 223 g/mol. The Labute approximate surface area is 95.3 Å². The minimum atomic E-state index is -0.296. The molecule has 0 atom stereocenters. The minimum Gasteiger partial charge on any atom is -0.466 e. The Kier molecular flexibility index (Phi) is 4.79. The number of nitrogens with one attached hydrogen (secondary N) is 1. The van der Waals surface area contributed by atoms with E-state index in [9.17, 15) is 4.79 Å². The summed E-state index contributed by atoms with van der Waals surface area (Å²) in [6.45, 7) is 4.90. The maximum Gasteiger partial charge on any atom is 0.333 e. The molecule has 16 heavy (non-hydrogen) atoms. The van der Waals surface area contributed by atoms with E-state index in [0.717, 1.165) is 11.5 Å². The van der Waals surface area contributed by atoms with E-state index in [1.54, 1.807) is 13.0 Å². The molecule has 0 aliphatic heterocycles. The molecule has 0 fully saturated rings. The van der Waals surface area contributed by atoms with Crippen molar-refractivity contribution in [2.75, 3.05) is 13.7 Å². The predicted molar refractivity (Wildman–Crippen MR) is 60.9 cm³/mol. The summed E-state index contributed by atoms with van der Waals surface area (Å²) >= 11 is 0. The fraction of sp³-hybridized carbons (Fsp3) is 0.417. The Bertz CT molecular complexity index is 379. The first-order chi connectivity index (χ1) is 7.63. The Morgan fingerprint density at radius 1 is 1.56 bits per heavy atom. The van der Waals surface area contributed by atoms with Crippen LogP contribution >= 0.6 is 0 Å². The predicted octanol–water partition coefficient (Wildman–Crippen LogP) is 1.80. The molecule has 4 nitrogen and oxygen atoms in total. The van der Waals surface area contributed by atoms with Gasteiger partial charge in [0.05, 0.1) is 13.7 Å². The zero-order chi connectivity index (χ0) is 12.0. The van der Waals surface area contributed by atoms with Gasteiger partial charge in [-0.2, -0.15) is 0 Å². The van der Waals surface area contributed by atoms with E-state index < -0.39 is 0 Å². The highest BCUT2D eigenvalue weighted by Crippen LogP contribution is 2.05. The number of hydrogen-bond acceptors (Lipinski definition) is 4. The van der Waals surface area contributed by atoms with Crippen molar-refractivity contribution in [3.05, 3.63) is 35.3 Å². The quantitative estimate of drug-likeness (QED) is 0.470. The molecule has 0 radical (unpaired) electrons. The van der Waals surface area contributed by atoms with Gasteiger partial charge in [0, 0.05) is 12.1 Å². The van der Waals surface area contributed by atoms with Crippen molar-refractivity contribution < 1.29 is 13.9 Å². The molecule has 1 aromatic rings. The number of methoxy groups -OCH3 is 1. The highest BCUT2D eigenvalue weighted by Gasteiger charge is 2.01. The number of carbonyl (C=O) groups excluding carboxylic acids is 1. The number of rotatable bonds is 5. The summed E-state index contributed by atoms with van der Waals surface area (Å²) in [5.41, 5.74) is 0.602. The number of esters is 1. The van der Waals surface area contributed by atoms with Gasteiger partial charge in [-0.15, -0.1) is 0 Å². The second-order valence-corrected chi connectivity index (χ2v) is 3.52. The SMILES string of the molecule is COC(=O)/C(C)=C/CNCc1ccc(C)o1. The normalized spacial score (nSPS) is 11.6. The Hall–Kier alpha value is -1.55. The first-order valence-corrected chi connectivity index (χ1v) is 5.14. The standard InChI is InChI=1S/C12H17NO3/c1-9(12(14)15-3)6-7-13-8-11-5-4-10(2)16-11/h4-6,13H,7-8H2,1-3H3/b9-6+. The molecule has 1 N–H and O–H groups in total.